The Hall–Kier alpha value is -3.57. The smallest absolute Gasteiger partial charge is 0.348 e. The number of rotatable bonds is 10. The molecule has 0 aromatic heterocycles. The Morgan fingerprint density at radius 3 is 2.00 bits per heavy atom. The molecular formula is C29H32N2O7S. The molecule has 1 amide bonds. The van der Waals surface area contributed by atoms with E-state index >= 15 is 0 Å². The van der Waals surface area contributed by atoms with Gasteiger partial charge < -0.3 is 19.1 Å². The zero-order valence-electron chi connectivity index (χ0n) is 21.8. The number of sulfone groups is 1. The number of carbonyl (C=O) groups excluding carboxylic acids is 2. The van der Waals surface area contributed by atoms with Gasteiger partial charge in [-0.2, -0.15) is 0 Å². The summed E-state index contributed by atoms with van der Waals surface area (Å²) in [7, 11) is -1.84. The lowest BCUT2D eigenvalue weighted by molar-refractivity contribution is -0.163. The highest BCUT2D eigenvalue weighted by Crippen LogP contribution is 2.37. The molecule has 2 N–H and O–H groups in total. The minimum atomic E-state index is -4.25. The van der Waals surface area contributed by atoms with Gasteiger partial charge in [0.25, 0.3) is 5.91 Å². The number of hydrogen-bond donors (Lipinski definition) is 1. The van der Waals surface area contributed by atoms with Gasteiger partial charge in [0.1, 0.15) is 11.4 Å². The van der Waals surface area contributed by atoms with Crippen LogP contribution >= 0.6 is 0 Å². The zero-order valence-corrected chi connectivity index (χ0v) is 22.6. The zero-order chi connectivity index (χ0) is 28.0. The van der Waals surface area contributed by atoms with E-state index in [0.29, 0.717) is 0 Å². The maximum Gasteiger partial charge on any atom is 0.348 e. The first kappa shape index (κ1) is 28.4. The number of esters is 1. The first-order valence-electron chi connectivity index (χ1n) is 12.4. The van der Waals surface area contributed by atoms with E-state index in [2.05, 4.69) is 0 Å². The minimum absolute atomic E-state index is 0.0498. The highest BCUT2D eigenvalue weighted by Gasteiger charge is 2.65. The molecule has 1 aliphatic heterocycles. The third-order valence-corrected chi connectivity index (χ3v) is 9.16. The van der Waals surface area contributed by atoms with Crippen molar-refractivity contribution in [1.29, 1.82) is 0 Å². The van der Waals surface area contributed by atoms with E-state index in [1.54, 1.807) is 18.2 Å². The lowest BCUT2D eigenvalue weighted by atomic mass is 10.0. The molecule has 4 rings (SSSR count). The predicted molar refractivity (Wildman–Crippen MR) is 144 cm³/mol. The Balaban J connectivity index is 1.74. The second-order valence-electron chi connectivity index (χ2n) is 9.29. The van der Waals surface area contributed by atoms with Crippen molar-refractivity contribution in [3.8, 4) is 0 Å². The van der Waals surface area contributed by atoms with Gasteiger partial charge in [-0.3, -0.25) is 10.5 Å². The number of methoxy groups -OCH3 is 2. The van der Waals surface area contributed by atoms with Crippen molar-refractivity contribution in [3.05, 3.63) is 102 Å². The molecule has 0 saturated carbocycles. The van der Waals surface area contributed by atoms with Crippen LogP contribution in [0.25, 0.3) is 0 Å². The minimum Gasteiger partial charge on any atom is -0.466 e. The summed E-state index contributed by atoms with van der Waals surface area (Å²) in [5, 5.41) is -1.62. The molecule has 1 heterocycles. The number of benzene rings is 3. The van der Waals surface area contributed by atoms with Gasteiger partial charge in [0, 0.05) is 13.5 Å². The molecule has 1 unspecified atom stereocenters. The highest BCUT2D eigenvalue weighted by molar-refractivity contribution is 7.92. The highest BCUT2D eigenvalue weighted by atomic mass is 32.2. The Kier molecular flexibility index (Phi) is 8.81. The van der Waals surface area contributed by atoms with Crippen LogP contribution in [0.2, 0.25) is 0 Å². The van der Waals surface area contributed by atoms with E-state index in [0.717, 1.165) is 23.1 Å². The van der Waals surface area contributed by atoms with E-state index in [-0.39, 0.29) is 24.5 Å². The third-order valence-electron chi connectivity index (χ3n) is 6.90. The fourth-order valence-electron chi connectivity index (χ4n) is 4.91. The Bertz CT molecular complexity index is 1370. The van der Waals surface area contributed by atoms with Crippen LogP contribution in [-0.2, 0) is 46.7 Å². The molecule has 0 spiro atoms. The molecule has 9 nitrogen and oxygen atoms in total. The van der Waals surface area contributed by atoms with Crippen LogP contribution in [0.3, 0.4) is 0 Å². The van der Waals surface area contributed by atoms with Crippen molar-refractivity contribution < 1.29 is 32.2 Å². The maximum absolute atomic E-state index is 14.1. The Morgan fingerprint density at radius 1 is 0.923 bits per heavy atom. The topological polar surface area (TPSA) is 125 Å². The number of likely N-dealkylation sites (tertiary alicyclic amines) is 1. The molecule has 1 aliphatic rings. The van der Waals surface area contributed by atoms with Crippen LogP contribution in [0.4, 0.5) is 0 Å². The molecule has 206 valence electrons. The lowest BCUT2D eigenvalue weighted by Crippen LogP contribution is -2.69. The summed E-state index contributed by atoms with van der Waals surface area (Å²) in [5.41, 5.74) is 5.94. The molecule has 3 aromatic rings. The van der Waals surface area contributed by atoms with Crippen molar-refractivity contribution in [2.24, 2.45) is 5.73 Å². The van der Waals surface area contributed by atoms with Crippen LogP contribution in [0.5, 0.6) is 0 Å². The number of carbonyl (C=O) groups is 2. The first-order valence-corrected chi connectivity index (χ1v) is 14.0. The Labute approximate surface area is 228 Å². The van der Waals surface area contributed by atoms with Crippen LogP contribution in [0.15, 0.2) is 95.9 Å². The van der Waals surface area contributed by atoms with Crippen LogP contribution in [0, 0.1) is 0 Å². The number of amides is 1. The summed E-state index contributed by atoms with van der Waals surface area (Å²) in [5.74, 6) is -1.71. The largest absolute Gasteiger partial charge is 0.466 e. The molecular weight excluding hydrogens is 520 g/mol. The van der Waals surface area contributed by atoms with Gasteiger partial charge >= 0.3 is 5.97 Å². The molecule has 0 aliphatic carbocycles. The summed E-state index contributed by atoms with van der Waals surface area (Å²) >= 11 is 0. The summed E-state index contributed by atoms with van der Waals surface area (Å²) < 4.78 is 44.3. The second kappa shape index (κ2) is 12.1. The van der Waals surface area contributed by atoms with Crippen molar-refractivity contribution in [2.75, 3.05) is 20.8 Å². The quantitative estimate of drug-likeness (QED) is 0.380. The average Bonchev–Trinajstić information content (AvgIpc) is 3.30. The maximum atomic E-state index is 14.1. The third kappa shape index (κ3) is 5.74. The van der Waals surface area contributed by atoms with Crippen molar-refractivity contribution in [3.63, 3.8) is 0 Å². The monoisotopic (exact) mass is 552 g/mol. The first-order chi connectivity index (χ1) is 18.7. The van der Waals surface area contributed by atoms with E-state index in [1.165, 1.54) is 19.2 Å². The number of nitrogens with zero attached hydrogens (tertiary/aromatic N) is 1. The van der Waals surface area contributed by atoms with Crippen LogP contribution in [0.1, 0.15) is 11.1 Å². The summed E-state index contributed by atoms with van der Waals surface area (Å²) in [6.07, 6.45) is -2.00. The van der Waals surface area contributed by atoms with Gasteiger partial charge in [-0.15, -0.1) is 0 Å². The predicted octanol–water partition coefficient (Wildman–Crippen LogP) is 2.34. The molecule has 10 heteroatoms. The number of nitrogens with two attached hydrogens (primary N) is 1. The molecule has 1 fully saturated rings. The van der Waals surface area contributed by atoms with Gasteiger partial charge in [-0.1, -0.05) is 78.9 Å². The number of hydrogen-bond acceptors (Lipinski definition) is 8. The van der Waals surface area contributed by atoms with E-state index in [9.17, 15) is 18.0 Å². The molecule has 0 radical (unpaired) electrons. The van der Waals surface area contributed by atoms with Crippen LogP contribution < -0.4 is 5.73 Å². The van der Waals surface area contributed by atoms with Gasteiger partial charge in [0.05, 0.1) is 31.3 Å². The summed E-state index contributed by atoms with van der Waals surface area (Å²) in [6.45, 7) is -0.134. The van der Waals surface area contributed by atoms with Crippen molar-refractivity contribution in [1.82, 2.24) is 4.90 Å². The molecule has 0 bridgehead atoms. The molecule has 1 saturated heterocycles. The van der Waals surface area contributed by atoms with Crippen molar-refractivity contribution >= 4 is 21.7 Å². The van der Waals surface area contributed by atoms with Crippen molar-refractivity contribution in [2.45, 2.75) is 41.0 Å². The normalized spacial score (nSPS) is 21.9. The summed E-state index contributed by atoms with van der Waals surface area (Å²) in [6, 6.07) is 26.2. The van der Waals surface area contributed by atoms with Gasteiger partial charge in [0.2, 0.25) is 5.66 Å². The van der Waals surface area contributed by atoms with Gasteiger partial charge in [-0.05, 0) is 23.3 Å². The number of ether oxygens (including phenoxy) is 3. The fourth-order valence-corrected chi connectivity index (χ4v) is 7.03. The molecule has 3 aromatic carbocycles. The van der Waals surface area contributed by atoms with Crippen LogP contribution in [-0.4, -0.2) is 69.1 Å². The second-order valence-corrected chi connectivity index (χ2v) is 11.4. The lowest BCUT2D eigenvalue weighted by Gasteiger charge is -2.37. The SMILES string of the molecule is COC(=O)[C@]1(N)C(S(=O)(=O)c2ccccc2)[C@@H](OC)CN1C(=O)[C@@H](Cc1ccccc1)OCc1ccccc1. The standard InChI is InChI=1S/C29H32N2O7S/c1-36-25-19-31(29(30,28(33)37-2)26(25)39(34,35)23-16-10-5-11-17-23)27(32)24(18-21-12-6-3-7-13-21)38-20-22-14-8-4-9-15-22/h3-17,24-26H,18-20,30H2,1-2H3/t24-,25+,26?,29+/m1/s1. The molecule has 39 heavy (non-hydrogen) atoms. The Morgan fingerprint density at radius 2 is 1.46 bits per heavy atom. The molecule has 4 atom stereocenters. The average molecular weight is 553 g/mol. The van der Waals surface area contributed by atoms with Gasteiger partial charge in [0.15, 0.2) is 9.84 Å². The summed E-state index contributed by atoms with van der Waals surface area (Å²) in [4.78, 5) is 28.4. The van der Waals surface area contributed by atoms with Gasteiger partial charge in [-0.25, -0.2) is 13.2 Å². The van der Waals surface area contributed by atoms with E-state index < -0.39 is 44.8 Å². The fraction of sp³-hybridized carbons (Fsp3) is 0.310. The van der Waals surface area contributed by atoms with E-state index in [1.807, 2.05) is 60.7 Å². The van der Waals surface area contributed by atoms with E-state index in [4.69, 9.17) is 19.9 Å².